The highest BCUT2D eigenvalue weighted by atomic mass is 16.5. The minimum Gasteiger partial charge on any atom is -0.467 e. The van der Waals surface area contributed by atoms with Crippen LogP contribution in [0, 0.1) is 0 Å². The first-order chi connectivity index (χ1) is 8.54. The van der Waals surface area contributed by atoms with E-state index in [1.807, 2.05) is 12.3 Å². The molecule has 0 bridgehead atoms. The SMILES string of the molecule is COc1nc(C(C)C)c2ccnc(C(C)C)c2n1. The van der Waals surface area contributed by atoms with Gasteiger partial charge in [-0.25, -0.2) is 0 Å². The molecule has 0 saturated carbocycles. The van der Waals surface area contributed by atoms with Gasteiger partial charge in [-0.15, -0.1) is 0 Å². The largest absolute Gasteiger partial charge is 0.467 e. The summed E-state index contributed by atoms with van der Waals surface area (Å²) in [6, 6.07) is 2.40. The molecule has 96 valence electrons. The third-order valence-electron chi connectivity index (χ3n) is 2.93. The van der Waals surface area contributed by atoms with E-state index in [0.29, 0.717) is 17.8 Å². The zero-order valence-electron chi connectivity index (χ0n) is 11.6. The topological polar surface area (TPSA) is 47.9 Å². The van der Waals surface area contributed by atoms with Gasteiger partial charge < -0.3 is 4.74 Å². The van der Waals surface area contributed by atoms with Crippen LogP contribution in [-0.2, 0) is 0 Å². The Hall–Kier alpha value is -1.71. The quantitative estimate of drug-likeness (QED) is 0.832. The van der Waals surface area contributed by atoms with Gasteiger partial charge in [-0.3, -0.25) is 4.98 Å². The number of aromatic nitrogens is 3. The second-order valence-corrected chi connectivity index (χ2v) is 5.00. The van der Waals surface area contributed by atoms with Gasteiger partial charge in [-0.05, 0) is 17.9 Å². The van der Waals surface area contributed by atoms with Gasteiger partial charge in [0.05, 0.1) is 24.0 Å². The molecule has 0 amide bonds. The molecule has 0 radical (unpaired) electrons. The van der Waals surface area contributed by atoms with E-state index in [2.05, 4.69) is 42.6 Å². The van der Waals surface area contributed by atoms with E-state index in [4.69, 9.17) is 4.74 Å². The third kappa shape index (κ3) is 2.15. The monoisotopic (exact) mass is 245 g/mol. The minimum absolute atomic E-state index is 0.326. The predicted octanol–water partition coefficient (Wildman–Crippen LogP) is 3.28. The van der Waals surface area contributed by atoms with Gasteiger partial charge in [-0.2, -0.15) is 9.97 Å². The number of methoxy groups -OCH3 is 1. The van der Waals surface area contributed by atoms with Gasteiger partial charge >= 0.3 is 6.01 Å². The molecule has 2 heterocycles. The molecule has 0 aliphatic heterocycles. The molecule has 0 unspecified atom stereocenters. The summed E-state index contributed by atoms with van der Waals surface area (Å²) >= 11 is 0. The molecular formula is C14H19N3O. The summed E-state index contributed by atoms with van der Waals surface area (Å²) in [5.74, 6) is 0.653. The lowest BCUT2D eigenvalue weighted by Crippen LogP contribution is -2.04. The van der Waals surface area contributed by atoms with Crippen LogP contribution in [0.15, 0.2) is 12.3 Å². The molecule has 2 aromatic heterocycles. The van der Waals surface area contributed by atoms with Gasteiger partial charge in [-0.1, -0.05) is 27.7 Å². The number of ether oxygens (including phenoxy) is 1. The summed E-state index contributed by atoms with van der Waals surface area (Å²) in [4.78, 5) is 13.4. The van der Waals surface area contributed by atoms with Crippen molar-refractivity contribution in [2.24, 2.45) is 0 Å². The van der Waals surface area contributed by atoms with E-state index in [1.54, 1.807) is 7.11 Å². The highest BCUT2D eigenvalue weighted by Gasteiger charge is 2.15. The standard InChI is InChI=1S/C14H19N3O/c1-8(2)11-10-6-7-15-12(9(3)4)13(10)17-14(16-11)18-5/h6-9H,1-5H3. The first kappa shape index (κ1) is 12.7. The Morgan fingerprint density at radius 2 is 1.67 bits per heavy atom. The third-order valence-corrected chi connectivity index (χ3v) is 2.93. The van der Waals surface area contributed by atoms with Crippen molar-refractivity contribution in [1.29, 1.82) is 0 Å². The van der Waals surface area contributed by atoms with Crippen molar-refractivity contribution < 1.29 is 4.74 Å². The van der Waals surface area contributed by atoms with Gasteiger partial charge in [0.15, 0.2) is 0 Å². The van der Waals surface area contributed by atoms with Crippen molar-refractivity contribution in [2.75, 3.05) is 7.11 Å². The first-order valence-electron chi connectivity index (χ1n) is 6.25. The molecule has 0 atom stereocenters. The fraction of sp³-hybridized carbons (Fsp3) is 0.500. The lowest BCUT2D eigenvalue weighted by Gasteiger charge is -2.13. The summed E-state index contributed by atoms with van der Waals surface area (Å²) in [6.07, 6.45) is 1.83. The van der Waals surface area contributed by atoms with Crippen LogP contribution >= 0.6 is 0 Å². The minimum atomic E-state index is 0.326. The molecule has 0 saturated heterocycles. The highest BCUT2D eigenvalue weighted by Crippen LogP contribution is 2.28. The lowest BCUT2D eigenvalue weighted by molar-refractivity contribution is 0.379. The van der Waals surface area contributed by atoms with Crippen LogP contribution in [-0.4, -0.2) is 22.1 Å². The van der Waals surface area contributed by atoms with Crippen LogP contribution in [0.5, 0.6) is 6.01 Å². The Bertz CT molecular complexity index is 564. The molecule has 0 fully saturated rings. The Labute approximate surface area is 107 Å². The van der Waals surface area contributed by atoms with E-state index >= 15 is 0 Å². The highest BCUT2D eigenvalue weighted by molar-refractivity contribution is 5.83. The molecule has 18 heavy (non-hydrogen) atoms. The molecule has 4 heteroatoms. The predicted molar refractivity (Wildman–Crippen MR) is 72.1 cm³/mol. The van der Waals surface area contributed by atoms with Crippen molar-refractivity contribution in [3.8, 4) is 6.01 Å². The molecule has 0 aliphatic rings. The molecule has 0 aromatic carbocycles. The van der Waals surface area contributed by atoms with Crippen LogP contribution in [0.1, 0.15) is 50.9 Å². The maximum absolute atomic E-state index is 5.20. The number of nitrogens with zero attached hydrogens (tertiary/aromatic N) is 3. The summed E-state index contributed by atoms with van der Waals surface area (Å²) < 4.78 is 5.20. The molecular weight excluding hydrogens is 226 g/mol. The summed E-state index contributed by atoms with van der Waals surface area (Å²) in [5, 5.41) is 1.07. The van der Waals surface area contributed by atoms with E-state index in [1.165, 1.54) is 0 Å². The van der Waals surface area contributed by atoms with Crippen molar-refractivity contribution in [3.05, 3.63) is 23.7 Å². The number of fused-ring (bicyclic) bond motifs is 1. The van der Waals surface area contributed by atoms with Crippen molar-refractivity contribution in [3.63, 3.8) is 0 Å². The van der Waals surface area contributed by atoms with Gasteiger partial charge in [0.1, 0.15) is 0 Å². The molecule has 2 aromatic rings. The lowest BCUT2D eigenvalue weighted by atomic mass is 10.0. The van der Waals surface area contributed by atoms with Gasteiger partial charge in [0.2, 0.25) is 0 Å². The average molecular weight is 245 g/mol. The maximum Gasteiger partial charge on any atom is 0.316 e. The van der Waals surface area contributed by atoms with E-state index in [0.717, 1.165) is 22.3 Å². The van der Waals surface area contributed by atoms with Crippen molar-refractivity contribution in [1.82, 2.24) is 15.0 Å². The summed E-state index contributed by atoms with van der Waals surface area (Å²) in [7, 11) is 1.59. The molecule has 4 nitrogen and oxygen atoms in total. The van der Waals surface area contributed by atoms with Crippen molar-refractivity contribution in [2.45, 2.75) is 39.5 Å². The molecule has 2 rings (SSSR count). The fourth-order valence-electron chi connectivity index (χ4n) is 2.03. The van der Waals surface area contributed by atoms with Gasteiger partial charge in [0, 0.05) is 11.6 Å². The van der Waals surface area contributed by atoms with Crippen LogP contribution in [0.2, 0.25) is 0 Å². The number of rotatable bonds is 3. The molecule has 0 spiro atoms. The van der Waals surface area contributed by atoms with E-state index in [9.17, 15) is 0 Å². The van der Waals surface area contributed by atoms with Crippen LogP contribution in [0.25, 0.3) is 10.9 Å². The average Bonchev–Trinajstić information content (AvgIpc) is 2.36. The van der Waals surface area contributed by atoms with Crippen LogP contribution < -0.4 is 4.74 Å². The second-order valence-electron chi connectivity index (χ2n) is 5.00. The Kier molecular flexibility index (Phi) is 3.45. The van der Waals surface area contributed by atoms with E-state index < -0.39 is 0 Å². The van der Waals surface area contributed by atoms with Gasteiger partial charge in [0.25, 0.3) is 0 Å². The molecule has 0 aliphatic carbocycles. The zero-order chi connectivity index (χ0) is 13.3. The summed E-state index contributed by atoms with van der Waals surface area (Å²) in [5.41, 5.74) is 2.92. The number of hydrogen-bond donors (Lipinski definition) is 0. The summed E-state index contributed by atoms with van der Waals surface area (Å²) in [6.45, 7) is 8.48. The Morgan fingerprint density at radius 3 is 2.22 bits per heavy atom. The van der Waals surface area contributed by atoms with Crippen LogP contribution in [0.3, 0.4) is 0 Å². The number of hydrogen-bond acceptors (Lipinski definition) is 4. The van der Waals surface area contributed by atoms with E-state index in [-0.39, 0.29) is 0 Å². The zero-order valence-corrected chi connectivity index (χ0v) is 11.6. The smallest absolute Gasteiger partial charge is 0.316 e. The molecule has 0 N–H and O–H groups in total. The maximum atomic E-state index is 5.20. The number of pyridine rings is 1. The first-order valence-corrected chi connectivity index (χ1v) is 6.25. The normalized spacial score (nSPS) is 11.5. The van der Waals surface area contributed by atoms with Crippen LogP contribution in [0.4, 0.5) is 0 Å². The second kappa shape index (κ2) is 4.88. The fourth-order valence-corrected chi connectivity index (χ4v) is 2.03. The Morgan fingerprint density at radius 1 is 1.00 bits per heavy atom. The Balaban J connectivity index is 2.81. The van der Waals surface area contributed by atoms with Crippen molar-refractivity contribution >= 4 is 10.9 Å².